The van der Waals surface area contributed by atoms with Gasteiger partial charge < -0.3 is 10.1 Å². The standard InChI is InChI=1S/C18H18N2O/c1-12(2)13-7-9-14(10-8-13)19-11-16-15-5-3-4-6-17(15)20-18(16)21/h3-12,20-21H,1-2H3. The number of aromatic nitrogens is 1. The highest BCUT2D eigenvalue weighted by atomic mass is 16.3. The molecule has 2 N–H and O–H groups in total. The Labute approximate surface area is 124 Å². The number of fused-ring (bicyclic) bond motifs is 1. The van der Waals surface area contributed by atoms with Crippen LogP contribution in [0, 0.1) is 0 Å². The van der Waals surface area contributed by atoms with E-state index >= 15 is 0 Å². The molecule has 0 saturated heterocycles. The van der Waals surface area contributed by atoms with Crippen LogP contribution < -0.4 is 0 Å². The first-order valence-electron chi connectivity index (χ1n) is 7.09. The minimum absolute atomic E-state index is 0.152. The van der Waals surface area contributed by atoms with Crippen LogP contribution in [-0.4, -0.2) is 16.3 Å². The number of H-pyrrole nitrogens is 1. The summed E-state index contributed by atoms with van der Waals surface area (Å²) in [6.07, 6.45) is 1.71. The predicted molar refractivity (Wildman–Crippen MR) is 87.7 cm³/mol. The summed E-state index contributed by atoms with van der Waals surface area (Å²) in [7, 11) is 0. The Balaban J connectivity index is 1.92. The second-order valence-corrected chi connectivity index (χ2v) is 5.44. The Hall–Kier alpha value is -2.55. The minimum Gasteiger partial charge on any atom is -0.494 e. The van der Waals surface area contributed by atoms with E-state index in [1.54, 1.807) is 6.21 Å². The van der Waals surface area contributed by atoms with E-state index in [4.69, 9.17) is 0 Å². The number of hydrogen-bond acceptors (Lipinski definition) is 2. The van der Waals surface area contributed by atoms with Crippen molar-refractivity contribution in [1.29, 1.82) is 0 Å². The molecule has 3 nitrogen and oxygen atoms in total. The molecule has 3 aromatic rings. The lowest BCUT2D eigenvalue weighted by Gasteiger charge is -2.04. The lowest BCUT2D eigenvalue weighted by molar-refractivity contribution is 0.457. The number of rotatable bonds is 3. The molecular formula is C18H18N2O. The first kappa shape index (κ1) is 13.4. The third-order valence-electron chi connectivity index (χ3n) is 3.63. The number of benzene rings is 2. The summed E-state index contributed by atoms with van der Waals surface area (Å²) in [4.78, 5) is 7.41. The number of aliphatic imine (C=N–C) groups is 1. The van der Waals surface area contributed by atoms with Gasteiger partial charge >= 0.3 is 0 Å². The molecule has 0 amide bonds. The molecule has 1 aromatic heterocycles. The van der Waals surface area contributed by atoms with Crippen molar-refractivity contribution in [2.45, 2.75) is 19.8 Å². The number of hydrogen-bond donors (Lipinski definition) is 2. The molecule has 0 aliphatic carbocycles. The van der Waals surface area contributed by atoms with E-state index in [0.717, 1.165) is 22.2 Å². The van der Waals surface area contributed by atoms with Gasteiger partial charge in [-0.25, -0.2) is 0 Å². The van der Waals surface area contributed by atoms with Gasteiger partial charge in [0.1, 0.15) is 0 Å². The lowest BCUT2D eigenvalue weighted by atomic mass is 10.0. The largest absolute Gasteiger partial charge is 0.494 e. The lowest BCUT2D eigenvalue weighted by Crippen LogP contribution is -1.85. The number of nitrogens with one attached hydrogen (secondary N) is 1. The van der Waals surface area contributed by atoms with Gasteiger partial charge in [-0.05, 0) is 29.7 Å². The molecule has 3 rings (SSSR count). The maximum Gasteiger partial charge on any atom is 0.198 e. The molecule has 0 aliphatic rings. The van der Waals surface area contributed by atoms with Crippen molar-refractivity contribution in [3.05, 3.63) is 59.7 Å². The van der Waals surface area contributed by atoms with Crippen molar-refractivity contribution in [2.75, 3.05) is 0 Å². The summed E-state index contributed by atoms with van der Waals surface area (Å²) in [6.45, 7) is 4.34. The average Bonchev–Trinajstić information content (AvgIpc) is 2.81. The van der Waals surface area contributed by atoms with Crippen LogP contribution in [0.2, 0.25) is 0 Å². The van der Waals surface area contributed by atoms with Crippen molar-refractivity contribution < 1.29 is 5.11 Å². The van der Waals surface area contributed by atoms with Crippen molar-refractivity contribution in [2.24, 2.45) is 4.99 Å². The number of nitrogens with zero attached hydrogens (tertiary/aromatic N) is 1. The zero-order valence-corrected chi connectivity index (χ0v) is 12.2. The van der Waals surface area contributed by atoms with E-state index in [1.165, 1.54) is 5.56 Å². The van der Waals surface area contributed by atoms with Crippen LogP contribution in [0.3, 0.4) is 0 Å². The van der Waals surface area contributed by atoms with Crippen molar-refractivity contribution in [1.82, 2.24) is 4.98 Å². The SMILES string of the molecule is CC(C)c1ccc(N=Cc2c(O)[nH]c3ccccc23)cc1. The van der Waals surface area contributed by atoms with Gasteiger partial charge in [0, 0.05) is 17.1 Å². The molecule has 0 spiro atoms. The van der Waals surface area contributed by atoms with Crippen LogP contribution in [0.15, 0.2) is 53.5 Å². The topological polar surface area (TPSA) is 48.4 Å². The molecule has 21 heavy (non-hydrogen) atoms. The Morgan fingerprint density at radius 2 is 1.76 bits per heavy atom. The Kier molecular flexibility index (Phi) is 3.48. The molecule has 2 aromatic carbocycles. The predicted octanol–water partition coefficient (Wildman–Crippen LogP) is 4.75. The summed E-state index contributed by atoms with van der Waals surface area (Å²) < 4.78 is 0. The molecule has 0 saturated carbocycles. The highest BCUT2D eigenvalue weighted by Crippen LogP contribution is 2.26. The van der Waals surface area contributed by atoms with Crippen molar-refractivity contribution in [3.63, 3.8) is 0 Å². The van der Waals surface area contributed by atoms with Crippen LogP contribution in [0.25, 0.3) is 10.9 Å². The van der Waals surface area contributed by atoms with Gasteiger partial charge in [0.05, 0.1) is 11.3 Å². The monoisotopic (exact) mass is 278 g/mol. The number of aromatic hydroxyl groups is 1. The van der Waals surface area contributed by atoms with E-state index in [9.17, 15) is 5.11 Å². The Bertz CT molecular complexity index is 783. The third kappa shape index (κ3) is 2.68. The van der Waals surface area contributed by atoms with E-state index in [0.29, 0.717) is 5.92 Å². The zero-order chi connectivity index (χ0) is 14.8. The molecule has 3 heteroatoms. The molecule has 0 aliphatic heterocycles. The summed E-state index contributed by atoms with van der Waals surface area (Å²) in [5, 5.41) is 11.0. The average molecular weight is 278 g/mol. The maximum atomic E-state index is 9.98. The highest BCUT2D eigenvalue weighted by molar-refractivity contribution is 6.02. The first-order valence-corrected chi connectivity index (χ1v) is 7.09. The fraction of sp³-hybridized carbons (Fsp3) is 0.167. The van der Waals surface area contributed by atoms with Gasteiger partial charge in [-0.2, -0.15) is 0 Å². The third-order valence-corrected chi connectivity index (χ3v) is 3.63. The van der Waals surface area contributed by atoms with Crippen LogP contribution in [-0.2, 0) is 0 Å². The van der Waals surface area contributed by atoms with Crippen LogP contribution in [0.4, 0.5) is 5.69 Å². The Morgan fingerprint density at radius 3 is 2.48 bits per heavy atom. The van der Waals surface area contributed by atoms with Crippen LogP contribution in [0.5, 0.6) is 5.88 Å². The summed E-state index contributed by atoms with van der Waals surface area (Å²) >= 11 is 0. The van der Waals surface area contributed by atoms with E-state index in [2.05, 4.69) is 36.0 Å². The molecule has 0 bridgehead atoms. The van der Waals surface area contributed by atoms with Gasteiger partial charge in [0.2, 0.25) is 0 Å². The van der Waals surface area contributed by atoms with E-state index in [-0.39, 0.29) is 5.88 Å². The summed E-state index contributed by atoms with van der Waals surface area (Å²) in [5.74, 6) is 0.666. The smallest absolute Gasteiger partial charge is 0.198 e. The molecular weight excluding hydrogens is 260 g/mol. The highest BCUT2D eigenvalue weighted by Gasteiger charge is 2.07. The molecule has 106 valence electrons. The molecule has 0 radical (unpaired) electrons. The molecule has 1 heterocycles. The molecule has 0 unspecified atom stereocenters. The summed E-state index contributed by atoms with van der Waals surface area (Å²) in [5.41, 5.74) is 3.80. The number of para-hydroxylation sites is 1. The minimum atomic E-state index is 0.152. The van der Waals surface area contributed by atoms with E-state index < -0.39 is 0 Å². The summed E-state index contributed by atoms with van der Waals surface area (Å²) in [6, 6.07) is 16.0. The van der Waals surface area contributed by atoms with Gasteiger partial charge in [-0.15, -0.1) is 0 Å². The van der Waals surface area contributed by atoms with Crippen molar-refractivity contribution >= 4 is 22.8 Å². The second-order valence-electron chi connectivity index (χ2n) is 5.44. The quantitative estimate of drug-likeness (QED) is 0.667. The normalized spacial score (nSPS) is 11.8. The fourth-order valence-electron chi connectivity index (χ4n) is 2.36. The van der Waals surface area contributed by atoms with Crippen LogP contribution >= 0.6 is 0 Å². The number of aromatic amines is 1. The van der Waals surface area contributed by atoms with Crippen molar-refractivity contribution in [3.8, 4) is 5.88 Å². The van der Waals surface area contributed by atoms with Crippen LogP contribution in [0.1, 0.15) is 30.9 Å². The first-order chi connectivity index (χ1) is 10.1. The zero-order valence-electron chi connectivity index (χ0n) is 12.2. The second kappa shape index (κ2) is 5.44. The fourth-order valence-corrected chi connectivity index (χ4v) is 2.36. The van der Waals surface area contributed by atoms with Gasteiger partial charge in [0.15, 0.2) is 5.88 Å². The Morgan fingerprint density at radius 1 is 1.05 bits per heavy atom. The molecule has 0 atom stereocenters. The van der Waals surface area contributed by atoms with Gasteiger partial charge in [-0.1, -0.05) is 44.2 Å². The molecule has 0 fully saturated rings. The maximum absolute atomic E-state index is 9.98. The van der Waals surface area contributed by atoms with Gasteiger partial charge in [-0.3, -0.25) is 4.99 Å². The van der Waals surface area contributed by atoms with E-state index in [1.807, 2.05) is 36.4 Å². The van der Waals surface area contributed by atoms with Gasteiger partial charge in [0.25, 0.3) is 0 Å².